The Morgan fingerprint density at radius 1 is 1.50 bits per heavy atom. The van der Waals surface area contributed by atoms with Crippen LogP contribution in [0.15, 0.2) is 18.3 Å². The van der Waals surface area contributed by atoms with E-state index in [1.165, 1.54) is 0 Å². The highest BCUT2D eigenvalue weighted by molar-refractivity contribution is 5.95. The summed E-state index contributed by atoms with van der Waals surface area (Å²) in [7, 11) is 0. The van der Waals surface area contributed by atoms with Crippen LogP contribution in [0.1, 0.15) is 25.5 Å². The van der Waals surface area contributed by atoms with Crippen molar-refractivity contribution in [1.82, 2.24) is 4.98 Å². The minimum absolute atomic E-state index is 0.211. The lowest BCUT2D eigenvalue weighted by atomic mass is 10.2. The molecule has 0 aromatic carbocycles. The normalized spacial score (nSPS) is 21.7. The van der Waals surface area contributed by atoms with E-state index in [1.54, 1.807) is 6.20 Å². The number of carbonyl (C=O) groups excluding carboxylic acids is 1. The molecular weight excluding hydrogens is 176 g/mol. The smallest absolute Gasteiger partial charge is 0.227 e. The van der Waals surface area contributed by atoms with Crippen LogP contribution >= 0.6 is 0 Å². The van der Waals surface area contributed by atoms with Gasteiger partial charge in [0, 0.05) is 18.2 Å². The standard InChI is InChI=1S/C11H14N2O/c1-8-3-5-10(7-12-8)13-9(2)4-6-11(13)14/h3,5,7,9H,4,6H2,1-2H3/t9-/m0/s1. The Morgan fingerprint density at radius 3 is 2.79 bits per heavy atom. The van der Waals surface area contributed by atoms with E-state index in [2.05, 4.69) is 11.9 Å². The van der Waals surface area contributed by atoms with Gasteiger partial charge in [-0.3, -0.25) is 9.78 Å². The minimum Gasteiger partial charge on any atom is -0.308 e. The zero-order chi connectivity index (χ0) is 10.1. The molecule has 14 heavy (non-hydrogen) atoms. The van der Waals surface area contributed by atoms with E-state index >= 15 is 0 Å². The molecule has 2 heterocycles. The Morgan fingerprint density at radius 2 is 2.29 bits per heavy atom. The van der Waals surface area contributed by atoms with E-state index in [4.69, 9.17) is 0 Å². The summed E-state index contributed by atoms with van der Waals surface area (Å²) in [5, 5.41) is 0. The highest BCUT2D eigenvalue weighted by Gasteiger charge is 2.28. The summed E-state index contributed by atoms with van der Waals surface area (Å²) < 4.78 is 0. The second kappa shape index (κ2) is 3.40. The quantitative estimate of drug-likeness (QED) is 0.677. The van der Waals surface area contributed by atoms with Crippen molar-refractivity contribution < 1.29 is 4.79 Å². The van der Waals surface area contributed by atoms with Gasteiger partial charge in [-0.15, -0.1) is 0 Å². The third-order valence-electron chi connectivity index (χ3n) is 2.66. The van der Waals surface area contributed by atoms with Gasteiger partial charge in [0.1, 0.15) is 0 Å². The fourth-order valence-corrected chi connectivity index (χ4v) is 1.83. The molecule has 0 N–H and O–H groups in total. The van der Waals surface area contributed by atoms with Gasteiger partial charge in [-0.1, -0.05) is 0 Å². The number of aryl methyl sites for hydroxylation is 1. The van der Waals surface area contributed by atoms with Crippen molar-refractivity contribution in [3.63, 3.8) is 0 Å². The molecule has 0 aliphatic carbocycles. The summed E-state index contributed by atoms with van der Waals surface area (Å²) in [6.45, 7) is 4.02. The van der Waals surface area contributed by atoms with Gasteiger partial charge < -0.3 is 4.90 Å². The lowest BCUT2D eigenvalue weighted by Gasteiger charge is -2.21. The number of amides is 1. The molecule has 3 heteroatoms. The molecule has 1 amide bonds. The molecule has 0 bridgehead atoms. The lowest BCUT2D eigenvalue weighted by molar-refractivity contribution is -0.117. The van der Waals surface area contributed by atoms with Gasteiger partial charge in [0.15, 0.2) is 0 Å². The molecule has 3 nitrogen and oxygen atoms in total. The first kappa shape index (κ1) is 9.19. The third kappa shape index (κ3) is 1.50. The first-order valence-electron chi connectivity index (χ1n) is 4.93. The highest BCUT2D eigenvalue weighted by atomic mass is 16.2. The summed E-state index contributed by atoms with van der Waals surface area (Å²) in [6, 6.07) is 4.21. The van der Waals surface area contributed by atoms with Gasteiger partial charge >= 0.3 is 0 Å². The zero-order valence-corrected chi connectivity index (χ0v) is 8.53. The van der Waals surface area contributed by atoms with E-state index in [0.717, 1.165) is 17.8 Å². The SMILES string of the molecule is Cc1ccc(N2C(=O)CC[C@@H]2C)cn1. The van der Waals surface area contributed by atoms with Crippen LogP contribution in [0.5, 0.6) is 0 Å². The summed E-state index contributed by atoms with van der Waals surface area (Å²) in [6.07, 6.45) is 3.39. The van der Waals surface area contributed by atoms with Crippen molar-refractivity contribution >= 4 is 11.6 Å². The molecule has 2 rings (SSSR count). The van der Waals surface area contributed by atoms with E-state index < -0.39 is 0 Å². The number of nitrogens with zero attached hydrogens (tertiary/aromatic N) is 2. The Balaban J connectivity index is 2.30. The molecule has 0 saturated carbocycles. The molecule has 1 saturated heterocycles. The molecule has 0 spiro atoms. The van der Waals surface area contributed by atoms with Crippen LogP contribution in [-0.2, 0) is 4.79 Å². The molecule has 1 aromatic rings. The lowest BCUT2D eigenvalue weighted by Crippen LogP contribution is -2.30. The summed E-state index contributed by atoms with van der Waals surface area (Å²) in [5.41, 5.74) is 1.90. The van der Waals surface area contributed by atoms with Crippen LogP contribution in [0.4, 0.5) is 5.69 Å². The fourth-order valence-electron chi connectivity index (χ4n) is 1.83. The van der Waals surface area contributed by atoms with Crippen molar-refractivity contribution in [1.29, 1.82) is 0 Å². The number of hydrogen-bond acceptors (Lipinski definition) is 2. The largest absolute Gasteiger partial charge is 0.308 e. The monoisotopic (exact) mass is 190 g/mol. The average Bonchev–Trinajstić information content (AvgIpc) is 2.49. The van der Waals surface area contributed by atoms with E-state index in [1.807, 2.05) is 24.0 Å². The number of aromatic nitrogens is 1. The first-order valence-corrected chi connectivity index (χ1v) is 4.93. The highest BCUT2D eigenvalue weighted by Crippen LogP contribution is 2.25. The van der Waals surface area contributed by atoms with Gasteiger partial charge in [-0.25, -0.2) is 0 Å². The fraction of sp³-hybridized carbons (Fsp3) is 0.455. The maximum Gasteiger partial charge on any atom is 0.227 e. The Hall–Kier alpha value is -1.38. The maximum absolute atomic E-state index is 11.6. The maximum atomic E-state index is 11.6. The van der Waals surface area contributed by atoms with Crippen molar-refractivity contribution in [2.24, 2.45) is 0 Å². The summed E-state index contributed by atoms with van der Waals surface area (Å²) in [4.78, 5) is 17.6. The third-order valence-corrected chi connectivity index (χ3v) is 2.66. The van der Waals surface area contributed by atoms with Crippen molar-refractivity contribution in [2.45, 2.75) is 32.7 Å². The van der Waals surface area contributed by atoms with Crippen LogP contribution in [0.3, 0.4) is 0 Å². The second-order valence-electron chi connectivity index (χ2n) is 3.81. The van der Waals surface area contributed by atoms with E-state index in [9.17, 15) is 4.79 Å². The molecule has 0 radical (unpaired) electrons. The van der Waals surface area contributed by atoms with Crippen molar-refractivity contribution in [3.05, 3.63) is 24.0 Å². The number of rotatable bonds is 1. The molecule has 0 unspecified atom stereocenters. The molecule has 1 aromatic heterocycles. The van der Waals surface area contributed by atoms with Crippen LogP contribution < -0.4 is 4.90 Å². The van der Waals surface area contributed by atoms with Crippen LogP contribution in [0, 0.1) is 6.92 Å². The van der Waals surface area contributed by atoms with Crippen molar-refractivity contribution in [2.75, 3.05) is 4.90 Å². The van der Waals surface area contributed by atoms with Gasteiger partial charge in [-0.2, -0.15) is 0 Å². The number of carbonyl (C=O) groups is 1. The predicted octanol–water partition coefficient (Wildman–Crippen LogP) is 1.91. The summed E-state index contributed by atoms with van der Waals surface area (Å²) >= 11 is 0. The Kier molecular flexibility index (Phi) is 2.23. The van der Waals surface area contributed by atoms with E-state index in [-0.39, 0.29) is 5.91 Å². The van der Waals surface area contributed by atoms with Crippen LogP contribution in [0.2, 0.25) is 0 Å². The Labute approximate surface area is 83.8 Å². The van der Waals surface area contributed by atoms with Gasteiger partial charge in [0.25, 0.3) is 0 Å². The summed E-state index contributed by atoms with van der Waals surface area (Å²) in [5.74, 6) is 0.211. The Bertz CT molecular complexity index is 345. The molecule has 1 fully saturated rings. The topological polar surface area (TPSA) is 33.2 Å². The van der Waals surface area contributed by atoms with Crippen LogP contribution in [-0.4, -0.2) is 16.9 Å². The van der Waals surface area contributed by atoms with E-state index in [0.29, 0.717) is 12.5 Å². The molecule has 1 atom stereocenters. The predicted molar refractivity (Wildman–Crippen MR) is 55.2 cm³/mol. The first-order chi connectivity index (χ1) is 6.68. The molecular formula is C11H14N2O. The second-order valence-corrected chi connectivity index (χ2v) is 3.81. The van der Waals surface area contributed by atoms with Gasteiger partial charge in [0.05, 0.1) is 11.9 Å². The van der Waals surface area contributed by atoms with Crippen LogP contribution in [0.25, 0.3) is 0 Å². The van der Waals surface area contributed by atoms with Crippen molar-refractivity contribution in [3.8, 4) is 0 Å². The van der Waals surface area contributed by atoms with Gasteiger partial charge in [-0.05, 0) is 32.4 Å². The number of anilines is 1. The molecule has 1 aliphatic rings. The van der Waals surface area contributed by atoms with Gasteiger partial charge in [0.2, 0.25) is 5.91 Å². The minimum atomic E-state index is 0.211. The zero-order valence-electron chi connectivity index (χ0n) is 8.53. The molecule has 1 aliphatic heterocycles. The number of hydrogen-bond donors (Lipinski definition) is 0. The average molecular weight is 190 g/mol. The number of pyridine rings is 1. The molecule has 74 valence electrons.